The fourth-order valence-corrected chi connectivity index (χ4v) is 5.46. The largest absolute Gasteiger partial charge is 0.346 e. The number of hydrogen-bond donors (Lipinski definition) is 0. The maximum Gasteiger partial charge on any atom is 0.200 e. The van der Waals surface area contributed by atoms with Gasteiger partial charge in [-0.2, -0.15) is 0 Å². The molecule has 1 unspecified atom stereocenters. The Bertz CT molecular complexity index is 1260. The van der Waals surface area contributed by atoms with Crippen LogP contribution in [0.4, 0.5) is 0 Å². The maximum absolute atomic E-state index is 13.2. The highest BCUT2D eigenvalue weighted by Crippen LogP contribution is 2.46. The fourth-order valence-electron chi connectivity index (χ4n) is 5.22. The van der Waals surface area contributed by atoms with Crippen molar-refractivity contribution >= 4 is 21.7 Å². The SMILES string of the molecule is CC1=CN(C(c2ccccc2)(c2ccccc2)c2ccccc2)C(C)N1CC(=O)c1ccc(Br)cn1. The predicted octanol–water partition coefficient (Wildman–Crippen LogP) is 6.84. The average molecular weight is 538 g/mol. The second kappa shape index (κ2) is 10.1. The fraction of sp³-hybridized carbons (Fsp3) is 0.161. The van der Waals surface area contributed by atoms with E-state index in [1.165, 1.54) is 16.7 Å². The molecule has 1 aliphatic rings. The number of halogens is 1. The number of carbonyl (C=O) groups excluding carboxylic acids is 1. The van der Waals surface area contributed by atoms with Crippen LogP contribution in [0.15, 0.2) is 126 Å². The molecule has 0 N–H and O–H groups in total. The molecule has 5 rings (SSSR count). The minimum absolute atomic E-state index is 0.00585. The molecular weight excluding hydrogens is 510 g/mol. The molecule has 0 aliphatic carbocycles. The van der Waals surface area contributed by atoms with Crippen LogP contribution in [0.5, 0.6) is 0 Å². The van der Waals surface area contributed by atoms with Crippen LogP contribution >= 0.6 is 15.9 Å². The molecule has 1 aliphatic heterocycles. The number of allylic oxidation sites excluding steroid dienone is 1. The van der Waals surface area contributed by atoms with E-state index < -0.39 is 5.54 Å². The highest BCUT2D eigenvalue weighted by molar-refractivity contribution is 9.10. The predicted molar refractivity (Wildman–Crippen MR) is 147 cm³/mol. The zero-order chi connectivity index (χ0) is 25.1. The molecule has 5 heteroatoms. The number of aromatic nitrogens is 1. The van der Waals surface area contributed by atoms with Crippen molar-refractivity contribution in [3.63, 3.8) is 0 Å². The highest BCUT2D eigenvalue weighted by atomic mass is 79.9. The van der Waals surface area contributed by atoms with Crippen molar-refractivity contribution in [1.82, 2.24) is 14.8 Å². The van der Waals surface area contributed by atoms with E-state index in [4.69, 9.17) is 0 Å². The molecular formula is C31H28BrN3O. The molecule has 0 radical (unpaired) electrons. The summed E-state index contributed by atoms with van der Waals surface area (Å²) in [7, 11) is 0. The molecule has 0 bridgehead atoms. The Morgan fingerprint density at radius 2 is 1.33 bits per heavy atom. The summed E-state index contributed by atoms with van der Waals surface area (Å²) < 4.78 is 0.856. The molecule has 180 valence electrons. The summed E-state index contributed by atoms with van der Waals surface area (Å²) in [6.07, 6.45) is 3.78. The Morgan fingerprint density at radius 1 is 0.833 bits per heavy atom. The normalized spacial score (nSPS) is 15.6. The summed E-state index contributed by atoms with van der Waals surface area (Å²) >= 11 is 3.40. The van der Waals surface area contributed by atoms with E-state index >= 15 is 0 Å². The van der Waals surface area contributed by atoms with E-state index in [0.717, 1.165) is 10.2 Å². The smallest absolute Gasteiger partial charge is 0.200 e. The summed E-state index contributed by atoms with van der Waals surface area (Å²) in [4.78, 5) is 22.1. The standard InChI is InChI=1S/C31H28BrN3O/c1-23-21-35(24(2)34(23)22-30(36)29-19-18-28(32)20-33-29)31(25-12-6-3-7-13-25,26-14-8-4-9-15-26)27-16-10-5-11-17-27/h3-21,24H,22H2,1-2H3. The molecule has 1 aromatic heterocycles. The Labute approximate surface area is 221 Å². The van der Waals surface area contributed by atoms with Crippen LogP contribution in [0.2, 0.25) is 0 Å². The summed E-state index contributed by atoms with van der Waals surface area (Å²) in [5.41, 5.74) is 4.43. The second-order valence-corrected chi connectivity index (χ2v) is 9.95. The van der Waals surface area contributed by atoms with E-state index in [1.807, 2.05) is 6.07 Å². The third-order valence-electron chi connectivity index (χ3n) is 6.92. The number of benzene rings is 3. The zero-order valence-corrected chi connectivity index (χ0v) is 22.0. The van der Waals surface area contributed by atoms with Crippen LogP contribution in [-0.4, -0.2) is 33.3 Å². The van der Waals surface area contributed by atoms with Crippen molar-refractivity contribution in [1.29, 1.82) is 0 Å². The maximum atomic E-state index is 13.2. The first-order chi connectivity index (χ1) is 17.5. The number of rotatable bonds is 7. The number of hydrogen-bond acceptors (Lipinski definition) is 4. The van der Waals surface area contributed by atoms with Crippen LogP contribution in [0, 0.1) is 0 Å². The van der Waals surface area contributed by atoms with Gasteiger partial charge in [0.2, 0.25) is 0 Å². The lowest BCUT2D eigenvalue weighted by molar-refractivity contribution is 0.0773. The van der Waals surface area contributed by atoms with Gasteiger partial charge < -0.3 is 9.80 Å². The lowest BCUT2D eigenvalue weighted by Gasteiger charge is -2.47. The zero-order valence-electron chi connectivity index (χ0n) is 20.4. The third kappa shape index (κ3) is 4.24. The van der Waals surface area contributed by atoms with Crippen LogP contribution in [0.3, 0.4) is 0 Å². The molecule has 4 nitrogen and oxygen atoms in total. The Hall–Kier alpha value is -3.70. The third-order valence-corrected chi connectivity index (χ3v) is 7.39. The molecule has 0 saturated heterocycles. The molecule has 36 heavy (non-hydrogen) atoms. The lowest BCUT2D eigenvalue weighted by atomic mass is 9.75. The van der Waals surface area contributed by atoms with E-state index in [2.05, 4.69) is 142 Å². The van der Waals surface area contributed by atoms with Crippen molar-refractivity contribution in [2.45, 2.75) is 25.6 Å². The van der Waals surface area contributed by atoms with Gasteiger partial charge in [-0.1, -0.05) is 91.0 Å². The van der Waals surface area contributed by atoms with Gasteiger partial charge in [0.25, 0.3) is 0 Å². The molecule has 0 amide bonds. The Morgan fingerprint density at radius 3 is 1.78 bits per heavy atom. The van der Waals surface area contributed by atoms with Crippen molar-refractivity contribution < 1.29 is 4.79 Å². The van der Waals surface area contributed by atoms with Crippen molar-refractivity contribution in [2.75, 3.05) is 6.54 Å². The summed E-state index contributed by atoms with van der Waals surface area (Å²) in [5.74, 6) is -0.00585. The molecule has 0 saturated carbocycles. The van der Waals surface area contributed by atoms with E-state index in [9.17, 15) is 4.79 Å². The molecule has 2 heterocycles. The first kappa shape index (κ1) is 24.0. The van der Waals surface area contributed by atoms with E-state index in [0.29, 0.717) is 5.69 Å². The van der Waals surface area contributed by atoms with Gasteiger partial charge in [-0.25, -0.2) is 0 Å². The summed E-state index contributed by atoms with van der Waals surface area (Å²) in [6, 6.07) is 35.5. The van der Waals surface area contributed by atoms with Crippen molar-refractivity contribution in [3.8, 4) is 0 Å². The van der Waals surface area contributed by atoms with Crippen LogP contribution in [0.25, 0.3) is 0 Å². The van der Waals surface area contributed by atoms with Gasteiger partial charge in [-0.05, 0) is 58.6 Å². The van der Waals surface area contributed by atoms with Gasteiger partial charge in [0.1, 0.15) is 11.2 Å². The lowest BCUT2D eigenvalue weighted by Crippen LogP contribution is -2.51. The van der Waals surface area contributed by atoms with Crippen LogP contribution < -0.4 is 0 Å². The van der Waals surface area contributed by atoms with Gasteiger partial charge in [0.05, 0.1) is 12.7 Å². The summed E-state index contributed by atoms with van der Waals surface area (Å²) in [5, 5.41) is 0. The molecule has 3 aromatic carbocycles. The average Bonchev–Trinajstić information content (AvgIpc) is 3.20. The quantitative estimate of drug-likeness (QED) is 0.191. The number of carbonyl (C=O) groups is 1. The number of nitrogens with zero attached hydrogens (tertiary/aromatic N) is 3. The number of pyridine rings is 1. The second-order valence-electron chi connectivity index (χ2n) is 9.03. The molecule has 0 spiro atoms. The van der Waals surface area contributed by atoms with Gasteiger partial charge in [0.15, 0.2) is 5.78 Å². The minimum atomic E-state index is -0.585. The minimum Gasteiger partial charge on any atom is -0.346 e. The highest BCUT2D eigenvalue weighted by Gasteiger charge is 2.46. The van der Waals surface area contributed by atoms with Gasteiger partial charge in [-0.3, -0.25) is 9.78 Å². The number of Topliss-reactive ketones (excluding diaryl/α,β-unsaturated/α-hetero) is 1. The molecule has 4 aromatic rings. The first-order valence-corrected chi connectivity index (χ1v) is 12.9. The first-order valence-electron chi connectivity index (χ1n) is 12.1. The van der Waals surface area contributed by atoms with Crippen molar-refractivity contribution in [3.05, 3.63) is 148 Å². The summed E-state index contributed by atoms with van der Waals surface area (Å²) in [6.45, 7) is 4.49. The Kier molecular flexibility index (Phi) is 6.75. The van der Waals surface area contributed by atoms with Crippen LogP contribution in [0.1, 0.15) is 41.0 Å². The topological polar surface area (TPSA) is 36.4 Å². The van der Waals surface area contributed by atoms with E-state index in [1.54, 1.807) is 12.3 Å². The van der Waals surface area contributed by atoms with Gasteiger partial charge in [0, 0.05) is 22.6 Å². The molecule has 1 atom stereocenters. The van der Waals surface area contributed by atoms with Crippen molar-refractivity contribution in [2.24, 2.45) is 0 Å². The Balaban J connectivity index is 1.62. The van der Waals surface area contributed by atoms with Gasteiger partial charge in [-0.15, -0.1) is 0 Å². The van der Waals surface area contributed by atoms with Crippen LogP contribution in [-0.2, 0) is 5.54 Å². The monoisotopic (exact) mass is 537 g/mol. The molecule has 0 fully saturated rings. The van der Waals surface area contributed by atoms with E-state index in [-0.39, 0.29) is 18.5 Å². The van der Waals surface area contributed by atoms with Gasteiger partial charge >= 0.3 is 0 Å². The number of ketones is 1.